The van der Waals surface area contributed by atoms with Crippen molar-refractivity contribution in [2.24, 2.45) is 0 Å². The molecule has 0 spiro atoms. The number of carbonyl (C=O) groups is 1. The van der Waals surface area contributed by atoms with Crippen molar-refractivity contribution in [3.8, 4) is 0 Å². The second-order valence-corrected chi connectivity index (χ2v) is 2.27. The van der Waals surface area contributed by atoms with Crippen LogP contribution in [0.15, 0.2) is 11.5 Å². The van der Waals surface area contributed by atoms with E-state index in [4.69, 9.17) is 10.2 Å². The minimum atomic E-state index is -1.53. The molecule has 0 aromatic rings. The molecule has 0 aromatic heterocycles. The second-order valence-electron chi connectivity index (χ2n) is 2.27. The van der Waals surface area contributed by atoms with Gasteiger partial charge in [-0.05, 0) is 5.76 Å². The summed E-state index contributed by atoms with van der Waals surface area (Å²) in [5.41, 5.74) is 0. The molecule has 0 saturated heterocycles. The van der Waals surface area contributed by atoms with Crippen LogP contribution in [0.1, 0.15) is 0 Å². The van der Waals surface area contributed by atoms with Crippen molar-refractivity contribution in [1.29, 1.82) is 0 Å². The third kappa shape index (κ3) is 3.77. The summed E-state index contributed by atoms with van der Waals surface area (Å²) < 4.78 is 4.19. The Balaban J connectivity index is -0.000000480. The number of esters is 1. The first-order valence-corrected chi connectivity index (χ1v) is 3.16. The van der Waals surface area contributed by atoms with Crippen LogP contribution in [-0.2, 0) is 30.6 Å². The van der Waals surface area contributed by atoms with E-state index in [0.29, 0.717) is 0 Å². The standard InChI is InChI=1S/C6H8O6.2H3N.Pt/c7-1-2(8)5-3(9)4(10)6(11)12-5;;;/h2,5,7-10H,1H2;2*1H3;/q;;;+2/p-2. The zero-order valence-corrected chi connectivity index (χ0v) is 9.89. The van der Waals surface area contributed by atoms with Gasteiger partial charge in [0, 0.05) is 0 Å². The van der Waals surface area contributed by atoms with E-state index in [0.717, 1.165) is 0 Å². The summed E-state index contributed by atoms with van der Waals surface area (Å²) >= 11 is 0. The van der Waals surface area contributed by atoms with Crippen LogP contribution >= 0.6 is 0 Å². The molecule has 1 heterocycles. The van der Waals surface area contributed by atoms with Gasteiger partial charge in [0.05, 0.1) is 6.61 Å². The summed E-state index contributed by atoms with van der Waals surface area (Å²) in [4.78, 5) is 10.4. The van der Waals surface area contributed by atoms with Gasteiger partial charge in [0.25, 0.3) is 0 Å². The van der Waals surface area contributed by atoms with Crippen molar-refractivity contribution in [1.82, 2.24) is 12.3 Å². The third-order valence-electron chi connectivity index (χ3n) is 1.44. The van der Waals surface area contributed by atoms with Crippen molar-refractivity contribution in [3.63, 3.8) is 0 Å². The molecule has 0 bridgehead atoms. The van der Waals surface area contributed by atoms with Crippen LogP contribution in [0.3, 0.4) is 0 Å². The fourth-order valence-electron chi connectivity index (χ4n) is 0.801. The maximum atomic E-state index is 10.7. The topological polar surface area (TPSA) is 183 Å². The van der Waals surface area contributed by atoms with Crippen LogP contribution in [0.4, 0.5) is 0 Å². The zero-order chi connectivity index (χ0) is 9.30. The smallest absolute Gasteiger partial charge is 0.873 e. The summed E-state index contributed by atoms with van der Waals surface area (Å²) in [6.07, 6.45) is -3.05. The largest absolute Gasteiger partial charge is 2.00 e. The number of rotatable bonds is 2. The fourth-order valence-corrected chi connectivity index (χ4v) is 0.801. The van der Waals surface area contributed by atoms with Crippen LogP contribution in [0.25, 0.3) is 0 Å². The predicted molar refractivity (Wildman–Crippen MR) is 40.0 cm³/mol. The molecule has 2 unspecified atom stereocenters. The number of cyclic esters (lactones) is 1. The maximum absolute atomic E-state index is 10.7. The summed E-state index contributed by atoms with van der Waals surface area (Å²) in [5.74, 6) is -3.67. The number of aliphatic hydroxyl groups is 2. The van der Waals surface area contributed by atoms with Gasteiger partial charge in [-0.25, -0.2) is 4.79 Å². The van der Waals surface area contributed by atoms with Gasteiger partial charge in [0.2, 0.25) is 0 Å². The van der Waals surface area contributed by atoms with Gasteiger partial charge in [0.1, 0.15) is 12.2 Å². The Bertz CT molecular complexity index is 246. The summed E-state index contributed by atoms with van der Waals surface area (Å²) in [5, 5.41) is 38.5. The molecule has 9 heteroatoms. The molecule has 0 aliphatic carbocycles. The molecule has 0 saturated carbocycles. The van der Waals surface area contributed by atoms with Crippen molar-refractivity contribution < 1.29 is 51.0 Å². The van der Waals surface area contributed by atoms with Gasteiger partial charge < -0.3 is 37.5 Å². The summed E-state index contributed by atoms with van der Waals surface area (Å²) in [7, 11) is 0. The van der Waals surface area contributed by atoms with Crippen LogP contribution in [0, 0.1) is 0 Å². The fraction of sp³-hybridized carbons (Fsp3) is 0.500. The van der Waals surface area contributed by atoms with Gasteiger partial charge in [-0.15, -0.1) is 0 Å². The minimum Gasteiger partial charge on any atom is -0.873 e. The maximum Gasteiger partial charge on any atom is 2.00 e. The molecule has 0 radical (unpaired) electrons. The molecule has 0 fully saturated rings. The number of hydrogen-bond donors (Lipinski definition) is 4. The molecule has 15 heavy (non-hydrogen) atoms. The van der Waals surface area contributed by atoms with Gasteiger partial charge in [-0.1, -0.05) is 5.76 Å². The van der Waals surface area contributed by atoms with E-state index in [9.17, 15) is 15.0 Å². The van der Waals surface area contributed by atoms with Gasteiger partial charge in [0.15, 0.2) is 0 Å². The van der Waals surface area contributed by atoms with Crippen molar-refractivity contribution >= 4 is 5.97 Å². The van der Waals surface area contributed by atoms with Crippen LogP contribution < -0.4 is 22.5 Å². The Labute approximate surface area is 100.0 Å². The quantitative estimate of drug-likeness (QED) is 0.343. The second kappa shape index (κ2) is 7.61. The van der Waals surface area contributed by atoms with Crippen LogP contribution in [-0.4, -0.2) is 35.0 Å². The predicted octanol–water partition coefficient (Wildman–Crippen LogP) is -3.48. The number of ether oxygens (including phenoxy) is 1. The van der Waals surface area contributed by atoms with E-state index in [-0.39, 0.29) is 33.4 Å². The SMILES string of the molecule is N.N.O=C1OC(C(O)CO)C([O-])=C1[O-].[Pt+2]. The first kappa shape index (κ1) is 19.8. The zero-order valence-electron chi connectivity index (χ0n) is 7.62. The number of hydrogen-bond acceptors (Lipinski definition) is 8. The Hall–Kier alpha value is -0.662. The van der Waals surface area contributed by atoms with Crippen LogP contribution in [0.2, 0.25) is 0 Å². The van der Waals surface area contributed by atoms with E-state index >= 15 is 0 Å². The Morgan fingerprint density at radius 2 is 1.87 bits per heavy atom. The number of aliphatic hydroxyl groups excluding tert-OH is 2. The molecule has 8 N–H and O–H groups in total. The number of carbonyl (C=O) groups excluding carboxylic acids is 1. The normalized spacial score (nSPS) is 20.7. The van der Waals surface area contributed by atoms with Gasteiger partial charge >= 0.3 is 27.0 Å². The molecular weight excluding hydrogens is 391 g/mol. The Kier molecular flexibility index (Phi) is 10.1. The van der Waals surface area contributed by atoms with Gasteiger partial charge in [-0.2, -0.15) is 0 Å². The van der Waals surface area contributed by atoms with Crippen molar-refractivity contribution in [2.45, 2.75) is 12.2 Å². The summed E-state index contributed by atoms with van der Waals surface area (Å²) in [6.45, 7) is -0.739. The van der Waals surface area contributed by atoms with Gasteiger partial charge in [-0.3, -0.25) is 0 Å². The molecule has 2 atom stereocenters. The first-order valence-electron chi connectivity index (χ1n) is 3.16. The molecule has 1 aliphatic heterocycles. The van der Waals surface area contributed by atoms with E-state index in [1.54, 1.807) is 0 Å². The average molecular weight is 403 g/mol. The molecular formula is C6H12N2O6Pt. The third-order valence-corrected chi connectivity index (χ3v) is 1.44. The van der Waals surface area contributed by atoms with Crippen molar-refractivity contribution in [3.05, 3.63) is 11.5 Å². The molecule has 1 aliphatic rings. The molecule has 92 valence electrons. The summed E-state index contributed by atoms with van der Waals surface area (Å²) in [6, 6.07) is 0. The van der Waals surface area contributed by atoms with Crippen LogP contribution in [0.5, 0.6) is 0 Å². The van der Waals surface area contributed by atoms with Crippen molar-refractivity contribution in [2.75, 3.05) is 6.61 Å². The van der Waals surface area contributed by atoms with E-state index in [2.05, 4.69) is 4.74 Å². The molecule has 8 nitrogen and oxygen atoms in total. The van der Waals surface area contributed by atoms with E-state index < -0.39 is 36.3 Å². The Morgan fingerprint density at radius 3 is 2.13 bits per heavy atom. The van der Waals surface area contributed by atoms with E-state index in [1.165, 1.54) is 0 Å². The molecule has 1 rings (SSSR count). The van der Waals surface area contributed by atoms with E-state index in [1.807, 2.05) is 0 Å². The monoisotopic (exact) mass is 403 g/mol. The minimum absolute atomic E-state index is 0. The Morgan fingerprint density at radius 1 is 1.40 bits per heavy atom. The average Bonchev–Trinajstić information content (AvgIpc) is 2.32. The first-order chi connectivity index (χ1) is 5.57. The molecule has 0 aromatic carbocycles. The molecule has 0 amide bonds.